The number of aryl methyl sites for hydroxylation is 3. The molecule has 1 unspecified atom stereocenters. The molecule has 7 heteroatoms. The summed E-state index contributed by atoms with van der Waals surface area (Å²) in [6.45, 7) is 3.70. The van der Waals surface area contributed by atoms with Crippen LogP contribution in [0.4, 0.5) is 10.1 Å². The van der Waals surface area contributed by atoms with Crippen molar-refractivity contribution in [2.45, 2.75) is 49.8 Å². The molecular formula is C20H20FN3OS2. The number of nitrogens with one attached hydrogen (secondary N) is 1. The Balaban J connectivity index is 1.61. The first-order chi connectivity index (χ1) is 13.0. The highest BCUT2D eigenvalue weighted by Crippen LogP contribution is 2.40. The lowest BCUT2D eigenvalue weighted by molar-refractivity contribution is -0.115. The second kappa shape index (κ2) is 7.56. The van der Waals surface area contributed by atoms with Crippen molar-refractivity contribution in [3.05, 3.63) is 46.3 Å². The molecule has 1 atom stereocenters. The number of hydrogen-bond donors (Lipinski definition) is 1. The summed E-state index contributed by atoms with van der Waals surface area (Å²) in [7, 11) is 0. The summed E-state index contributed by atoms with van der Waals surface area (Å²) in [6.07, 6.45) is 4.55. The highest BCUT2D eigenvalue weighted by molar-refractivity contribution is 8.00. The van der Waals surface area contributed by atoms with E-state index in [1.54, 1.807) is 29.5 Å². The van der Waals surface area contributed by atoms with E-state index in [2.05, 4.69) is 15.3 Å². The number of anilines is 1. The lowest BCUT2D eigenvalue weighted by atomic mass is 9.97. The van der Waals surface area contributed by atoms with Crippen LogP contribution in [0.25, 0.3) is 10.2 Å². The minimum Gasteiger partial charge on any atom is -0.323 e. The molecule has 4 nitrogen and oxygen atoms in total. The fourth-order valence-corrected chi connectivity index (χ4v) is 5.72. The highest BCUT2D eigenvalue weighted by atomic mass is 32.2. The van der Waals surface area contributed by atoms with Crippen LogP contribution in [0.5, 0.6) is 0 Å². The van der Waals surface area contributed by atoms with Crippen molar-refractivity contribution in [1.82, 2.24) is 9.97 Å². The second-order valence-corrected chi connectivity index (χ2v) is 9.11. The lowest BCUT2D eigenvalue weighted by Crippen LogP contribution is -2.23. The van der Waals surface area contributed by atoms with Gasteiger partial charge in [-0.3, -0.25) is 4.79 Å². The summed E-state index contributed by atoms with van der Waals surface area (Å²) in [6, 6.07) is 6.20. The van der Waals surface area contributed by atoms with Crippen molar-refractivity contribution in [3.63, 3.8) is 0 Å². The third-order valence-electron chi connectivity index (χ3n) is 4.68. The van der Waals surface area contributed by atoms with Gasteiger partial charge in [0.25, 0.3) is 0 Å². The van der Waals surface area contributed by atoms with Gasteiger partial charge in [0.2, 0.25) is 5.91 Å². The number of thioether (sulfide) groups is 1. The van der Waals surface area contributed by atoms with E-state index in [1.807, 2.05) is 13.8 Å². The van der Waals surface area contributed by atoms with Crippen LogP contribution in [-0.4, -0.2) is 21.1 Å². The molecule has 2 heterocycles. The van der Waals surface area contributed by atoms with E-state index < -0.39 is 11.1 Å². The maximum Gasteiger partial charge on any atom is 0.237 e. The molecule has 1 aliphatic rings. The van der Waals surface area contributed by atoms with E-state index in [1.165, 1.54) is 41.1 Å². The fourth-order valence-electron chi connectivity index (χ4n) is 3.33. The average molecular weight is 402 g/mol. The van der Waals surface area contributed by atoms with Crippen LogP contribution in [0.15, 0.2) is 29.3 Å². The zero-order chi connectivity index (χ0) is 19.0. The Morgan fingerprint density at radius 3 is 2.85 bits per heavy atom. The molecule has 140 valence electrons. The van der Waals surface area contributed by atoms with Gasteiger partial charge in [-0.15, -0.1) is 11.3 Å². The maximum absolute atomic E-state index is 13.8. The lowest BCUT2D eigenvalue weighted by Gasteiger charge is -2.15. The number of nitrogens with zero attached hydrogens (tertiary/aromatic N) is 2. The number of fused-ring (bicyclic) bond motifs is 3. The zero-order valence-corrected chi connectivity index (χ0v) is 16.8. The molecule has 1 aliphatic carbocycles. The minimum atomic E-state index is -0.435. The summed E-state index contributed by atoms with van der Waals surface area (Å²) in [4.78, 5) is 24.2. The molecule has 1 N–H and O–H groups in total. The van der Waals surface area contributed by atoms with Crippen molar-refractivity contribution < 1.29 is 9.18 Å². The quantitative estimate of drug-likeness (QED) is 0.486. The number of aromatic nitrogens is 2. The molecule has 1 aromatic carbocycles. The largest absolute Gasteiger partial charge is 0.323 e. The smallest absolute Gasteiger partial charge is 0.237 e. The van der Waals surface area contributed by atoms with E-state index >= 15 is 0 Å². The Labute approximate surface area is 165 Å². The Morgan fingerprint density at radius 1 is 1.26 bits per heavy atom. The molecule has 0 saturated carbocycles. The molecule has 27 heavy (non-hydrogen) atoms. The van der Waals surface area contributed by atoms with Crippen molar-refractivity contribution in [2.75, 3.05) is 5.32 Å². The number of carbonyl (C=O) groups excluding carboxylic acids is 1. The molecule has 0 radical (unpaired) electrons. The molecule has 4 rings (SSSR count). The highest BCUT2D eigenvalue weighted by Gasteiger charge is 2.24. The molecule has 0 bridgehead atoms. The van der Waals surface area contributed by atoms with Gasteiger partial charge in [0.1, 0.15) is 21.5 Å². The molecular weight excluding hydrogens is 381 g/mol. The number of halogens is 1. The number of carbonyl (C=O) groups is 1. The number of benzene rings is 1. The van der Waals surface area contributed by atoms with Gasteiger partial charge in [0, 0.05) is 10.3 Å². The van der Waals surface area contributed by atoms with Gasteiger partial charge in [-0.2, -0.15) is 0 Å². The first-order valence-corrected chi connectivity index (χ1v) is 10.7. The summed E-state index contributed by atoms with van der Waals surface area (Å²) in [5.74, 6) is 0.0409. The second-order valence-electron chi connectivity index (χ2n) is 6.70. The number of rotatable bonds is 4. The Bertz CT molecular complexity index is 1020. The maximum atomic E-state index is 13.8. The first kappa shape index (κ1) is 18.4. The number of hydrogen-bond acceptors (Lipinski definition) is 5. The van der Waals surface area contributed by atoms with Gasteiger partial charge in [0.15, 0.2) is 0 Å². The van der Waals surface area contributed by atoms with Gasteiger partial charge < -0.3 is 5.32 Å². The van der Waals surface area contributed by atoms with Gasteiger partial charge in [-0.05, 0) is 57.2 Å². The third kappa shape index (κ3) is 3.71. The standard InChI is InChI=1S/C20H20FN3OS2/c1-11(18(25)24-15-9-5-4-8-14(15)21)26-19-17-13-7-3-6-10-16(13)27-20(17)23-12(2)22-19/h4-5,8-9,11H,3,6-7,10H2,1-2H3,(H,24,25). The molecule has 3 aromatic rings. The van der Waals surface area contributed by atoms with Crippen LogP contribution in [0.2, 0.25) is 0 Å². The van der Waals surface area contributed by atoms with Crippen LogP contribution >= 0.6 is 23.1 Å². The number of para-hydroxylation sites is 1. The van der Waals surface area contributed by atoms with Crippen molar-refractivity contribution in [2.24, 2.45) is 0 Å². The summed E-state index contributed by atoms with van der Waals surface area (Å²) >= 11 is 3.17. The monoisotopic (exact) mass is 401 g/mol. The van der Waals surface area contributed by atoms with E-state index in [4.69, 9.17) is 0 Å². The van der Waals surface area contributed by atoms with Gasteiger partial charge in [0.05, 0.1) is 10.9 Å². The van der Waals surface area contributed by atoms with Gasteiger partial charge >= 0.3 is 0 Å². The van der Waals surface area contributed by atoms with Crippen molar-refractivity contribution >= 4 is 44.9 Å². The molecule has 0 saturated heterocycles. The summed E-state index contributed by atoms with van der Waals surface area (Å²) in [5, 5.41) is 4.23. The topological polar surface area (TPSA) is 54.9 Å². The van der Waals surface area contributed by atoms with Crippen LogP contribution in [0.3, 0.4) is 0 Å². The van der Waals surface area contributed by atoms with Crippen LogP contribution < -0.4 is 5.32 Å². The first-order valence-electron chi connectivity index (χ1n) is 9.04. The van der Waals surface area contributed by atoms with Gasteiger partial charge in [-0.25, -0.2) is 14.4 Å². The zero-order valence-electron chi connectivity index (χ0n) is 15.2. The van der Waals surface area contributed by atoms with Crippen molar-refractivity contribution in [3.8, 4) is 0 Å². The number of amides is 1. The predicted octanol–water partition coefficient (Wildman–Crippen LogP) is 5.14. The van der Waals surface area contributed by atoms with E-state index in [0.717, 1.165) is 28.1 Å². The van der Waals surface area contributed by atoms with Crippen LogP contribution in [0, 0.1) is 12.7 Å². The molecule has 0 aliphatic heterocycles. The SMILES string of the molecule is Cc1nc(SC(C)C(=O)Nc2ccccc2F)c2c3c(sc2n1)CCCC3. The van der Waals surface area contributed by atoms with Crippen LogP contribution in [-0.2, 0) is 17.6 Å². The molecule has 2 aromatic heterocycles. The molecule has 0 fully saturated rings. The van der Waals surface area contributed by atoms with E-state index in [0.29, 0.717) is 5.82 Å². The molecule has 1 amide bonds. The predicted molar refractivity (Wildman–Crippen MR) is 109 cm³/mol. The normalized spacial score (nSPS) is 14.8. The van der Waals surface area contributed by atoms with E-state index in [9.17, 15) is 9.18 Å². The third-order valence-corrected chi connectivity index (χ3v) is 6.95. The molecule has 0 spiro atoms. The fraction of sp³-hybridized carbons (Fsp3) is 0.350. The number of thiophene rings is 1. The summed E-state index contributed by atoms with van der Waals surface area (Å²) in [5.41, 5.74) is 1.55. The Morgan fingerprint density at radius 2 is 2.04 bits per heavy atom. The minimum absolute atomic E-state index is 0.201. The summed E-state index contributed by atoms with van der Waals surface area (Å²) < 4.78 is 13.8. The van der Waals surface area contributed by atoms with E-state index in [-0.39, 0.29) is 11.6 Å². The Hall–Kier alpha value is -1.99. The van der Waals surface area contributed by atoms with Gasteiger partial charge in [-0.1, -0.05) is 23.9 Å². The van der Waals surface area contributed by atoms with Crippen molar-refractivity contribution in [1.29, 1.82) is 0 Å². The average Bonchev–Trinajstić information content (AvgIpc) is 3.01. The van der Waals surface area contributed by atoms with Crippen LogP contribution in [0.1, 0.15) is 36.0 Å². The Kier molecular flexibility index (Phi) is 5.14.